The second-order valence-electron chi connectivity index (χ2n) is 4.52. The molecule has 1 aromatic rings. The standard InChI is InChI=1S/C15H24N2O2/c1-3-4-5-13-6-8-14(9-7-13)17-15(18)12-16-10-11-19-2/h6-9,16H,3-5,10-12H2,1-2H3,(H,17,18). The van der Waals surface area contributed by atoms with Crippen LogP contribution in [0.4, 0.5) is 5.69 Å². The molecule has 0 atom stereocenters. The molecule has 0 fully saturated rings. The minimum atomic E-state index is -0.0302. The van der Waals surface area contributed by atoms with Crippen molar-refractivity contribution in [3.63, 3.8) is 0 Å². The largest absolute Gasteiger partial charge is 0.383 e. The summed E-state index contributed by atoms with van der Waals surface area (Å²) >= 11 is 0. The monoisotopic (exact) mass is 264 g/mol. The summed E-state index contributed by atoms with van der Waals surface area (Å²) in [4.78, 5) is 11.6. The number of rotatable bonds is 9. The fraction of sp³-hybridized carbons (Fsp3) is 0.533. The first-order valence-electron chi connectivity index (χ1n) is 6.84. The number of carbonyl (C=O) groups excluding carboxylic acids is 1. The molecule has 0 spiro atoms. The third-order valence-electron chi connectivity index (χ3n) is 2.83. The molecule has 1 aromatic carbocycles. The first kappa shape index (κ1) is 15.7. The predicted molar refractivity (Wildman–Crippen MR) is 78.4 cm³/mol. The van der Waals surface area contributed by atoms with E-state index in [1.807, 2.05) is 12.1 Å². The van der Waals surface area contributed by atoms with Gasteiger partial charge in [0.05, 0.1) is 13.2 Å². The van der Waals surface area contributed by atoms with Crippen LogP contribution in [0, 0.1) is 0 Å². The molecule has 4 nitrogen and oxygen atoms in total. The Morgan fingerprint density at radius 1 is 1.26 bits per heavy atom. The number of nitrogens with one attached hydrogen (secondary N) is 2. The van der Waals surface area contributed by atoms with E-state index in [4.69, 9.17) is 4.74 Å². The molecule has 0 saturated carbocycles. The van der Waals surface area contributed by atoms with Gasteiger partial charge in [-0.2, -0.15) is 0 Å². The molecule has 0 bridgehead atoms. The molecule has 0 aromatic heterocycles. The van der Waals surface area contributed by atoms with Crippen LogP contribution in [-0.2, 0) is 16.0 Å². The molecule has 2 N–H and O–H groups in total. The van der Waals surface area contributed by atoms with Crippen molar-refractivity contribution < 1.29 is 9.53 Å². The molecule has 4 heteroatoms. The number of hydrogen-bond acceptors (Lipinski definition) is 3. The number of methoxy groups -OCH3 is 1. The lowest BCUT2D eigenvalue weighted by Gasteiger charge is -2.07. The molecule has 1 amide bonds. The highest BCUT2D eigenvalue weighted by Gasteiger charge is 2.01. The molecule has 19 heavy (non-hydrogen) atoms. The topological polar surface area (TPSA) is 50.4 Å². The van der Waals surface area contributed by atoms with Crippen molar-refractivity contribution in [2.45, 2.75) is 26.2 Å². The fourth-order valence-electron chi connectivity index (χ4n) is 1.72. The van der Waals surface area contributed by atoms with Gasteiger partial charge in [-0.15, -0.1) is 0 Å². The Hall–Kier alpha value is -1.39. The van der Waals surface area contributed by atoms with Crippen molar-refractivity contribution >= 4 is 11.6 Å². The number of carbonyl (C=O) groups is 1. The van der Waals surface area contributed by atoms with E-state index in [9.17, 15) is 4.79 Å². The average Bonchev–Trinajstić information content (AvgIpc) is 2.43. The molecule has 0 aliphatic rings. The van der Waals surface area contributed by atoms with Crippen LogP contribution in [0.15, 0.2) is 24.3 Å². The van der Waals surface area contributed by atoms with Crippen LogP contribution in [-0.4, -0.2) is 32.7 Å². The van der Waals surface area contributed by atoms with E-state index in [1.165, 1.54) is 18.4 Å². The first-order chi connectivity index (χ1) is 9.26. The van der Waals surface area contributed by atoms with Crippen molar-refractivity contribution in [3.05, 3.63) is 29.8 Å². The molecule has 1 rings (SSSR count). The number of unbranched alkanes of at least 4 members (excludes halogenated alkanes) is 1. The van der Waals surface area contributed by atoms with Gasteiger partial charge in [0.25, 0.3) is 0 Å². The quantitative estimate of drug-likeness (QED) is 0.672. The van der Waals surface area contributed by atoms with Gasteiger partial charge in [-0.25, -0.2) is 0 Å². The van der Waals surface area contributed by atoms with Gasteiger partial charge in [0.1, 0.15) is 0 Å². The third-order valence-corrected chi connectivity index (χ3v) is 2.83. The highest BCUT2D eigenvalue weighted by Crippen LogP contribution is 2.11. The molecule has 0 saturated heterocycles. The zero-order valence-corrected chi connectivity index (χ0v) is 11.9. The SMILES string of the molecule is CCCCc1ccc(NC(=O)CNCCOC)cc1. The first-order valence-corrected chi connectivity index (χ1v) is 6.84. The summed E-state index contributed by atoms with van der Waals surface area (Å²) in [5.74, 6) is -0.0302. The van der Waals surface area contributed by atoms with E-state index in [0.29, 0.717) is 19.7 Å². The van der Waals surface area contributed by atoms with E-state index in [1.54, 1.807) is 7.11 Å². The summed E-state index contributed by atoms with van der Waals surface area (Å²) in [5, 5.41) is 5.87. The van der Waals surface area contributed by atoms with Crippen molar-refractivity contribution in [1.29, 1.82) is 0 Å². The zero-order valence-electron chi connectivity index (χ0n) is 11.9. The average molecular weight is 264 g/mol. The zero-order chi connectivity index (χ0) is 13.9. The van der Waals surface area contributed by atoms with Crippen LogP contribution < -0.4 is 10.6 Å². The summed E-state index contributed by atoms with van der Waals surface area (Å²) in [6, 6.07) is 8.06. The van der Waals surface area contributed by atoms with Crippen LogP contribution >= 0.6 is 0 Å². The van der Waals surface area contributed by atoms with E-state index in [2.05, 4.69) is 29.7 Å². The fourth-order valence-corrected chi connectivity index (χ4v) is 1.72. The molecular weight excluding hydrogens is 240 g/mol. The van der Waals surface area contributed by atoms with Crippen molar-refractivity contribution in [3.8, 4) is 0 Å². The molecular formula is C15H24N2O2. The van der Waals surface area contributed by atoms with Crippen LogP contribution in [0.3, 0.4) is 0 Å². The van der Waals surface area contributed by atoms with E-state index in [-0.39, 0.29) is 5.91 Å². The molecule has 0 aliphatic carbocycles. The Morgan fingerprint density at radius 3 is 2.63 bits per heavy atom. The predicted octanol–water partition coefficient (Wildman–Crippen LogP) is 2.20. The Morgan fingerprint density at radius 2 is 2.00 bits per heavy atom. The molecule has 0 heterocycles. The normalized spacial score (nSPS) is 10.4. The van der Waals surface area contributed by atoms with Gasteiger partial charge in [0.2, 0.25) is 5.91 Å². The second kappa shape index (κ2) is 9.53. The van der Waals surface area contributed by atoms with Crippen molar-refractivity contribution in [2.75, 3.05) is 32.1 Å². The number of ether oxygens (including phenoxy) is 1. The van der Waals surface area contributed by atoms with Crippen LogP contribution in [0.2, 0.25) is 0 Å². The molecule has 0 aliphatic heterocycles. The van der Waals surface area contributed by atoms with Gasteiger partial charge in [-0.3, -0.25) is 4.79 Å². The smallest absolute Gasteiger partial charge is 0.238 e. The summed E-state index contributed by atoms with van der Waals surface area (Å²) in [6.45, 7) is 3.78. The van der Waals surface area contributed by atoms with Gasteiger partial charge >= 0.3 is 0 Å². The van der Waals surface area contributed by atoms with Crippen molar-refractivity contribution in [1.82, 2.24) is 5.32 Å². The summed E-state index contributed by atoms with van der Waals surface area (Å²) in [6.07, 6.45) is 3.50. The van der Waals surface area contributed by atoms with Crippen LogP contribution in [0.1, 0.15) is 25.3 Å². The maximum absolute atomic E-state index is 11.6. The van der Waals surface area contributed by atoms with Gasteiger partial charge in [0.15, 0.2) is 0 Å². The lowest BCUT2D eigenvalue weighted by atomic mass is 10.1. The summed E-state index contributed by atoms with van der Waals surface area (Å²) in [5.41, 5.74) is 2.16. The number of amides is 1. The van der Waals surface area contributed by atoms with Gasteiger partial charge in [-0.1, -0.05) is 25.5 Å². The summed E-state index contributed by atoms with van der Waals surface area (Å²) in [7, 11) is 1.64. The van der Waals surface area contributed by atoms with E-state index in [0.717, 1.165) is 12.1 Å². The van der Waals surface area contributed by atoms with Gasteiger partial charge < -0.3 is 15.4 Å². The number of anilines is 1. The number of hydrogen-bond donors (Lipinski definition) is 2. The molecule has 0 radical (unpaired) electrons. The molecule has 106 valence electrons. The highest BCUT2D eigenvalue weighted by atomic mass is 16.5. The van der Waals surface area contributed by atoms with Gasteiger partial charge in [-0.05, 0) is 30.5 Å². The Bertz CT molecular complexity index is 363. The number of aryl methyl sites for hydroxylation is 1. The molecule has 0 unspecified atom stereocenters. The number of benzene rings is 1. The van der Waals surface area contributed by atoms with Gasteiger partial charge in [0, 0.05) is 19.3 Å². The highest BCUT2D eigenvalue weighted by molar-refractivity contribution is 5.92. The minimum absolute atomic E-state index is 0.0302. The minimum Gasteiger partial charge on any atom is -0.383 e. The maximum atomic E-state index is 11.6. The Labute approximate surface area is 115 Å². The maximum Gasteiger partial charge on any atom is 0.238 e. The lowest BCUT2D eigenvalue weighted by molar-refractivity contribution is -0.115. The Balaban J connectivity index is 2.29. The second-order valence-corrected chi connectivity index (χ2v) is 4.52. The van der Waals surface area contributed by atoms with Crippen LogP contribution in [0.25, 0.3) is 0 Å². The third kappa shape index (κ3) is 6.94. The van der Waals surface area contributed by atoms with Crippen LogP contribution in [0.5, 0.6) is 0 Å². The van der Waals surface area contributed by atoms with E-state index >= 15 is 0 Å². The lowest BCUT2D eigenvalue weighted by Crippen LogP contribution is -2.30. The Kier molecular flexibility index (Phi) is 7.86. The summed E-state index contributed by atoms with van der Waals surface area (Å²) < 4.78 is 4.89. The van der Waals surface area contributed by atoms with E-state index < -0.39 is 0 Å². The van der Waals surface area contributed by atoms with Crippen molar-refractivity contribution in [2.24, 2.45) is 0 Å².